The van der Waals surface area contributed by atoms with Crippen LogP contribution < -0.4 is 0 Å². The van der Waals surface area contributed by atoms with Gasteiger partial charge in [-0.1, -0.05) is 24.3 Å². The van der Waals surface area contributed by atoms with Gasteiger partial charge in [-0.2, -0.15) is 0 Å². The van der Waals surface area contributed by atoms with Crippen molar-refractivity contribution in [3.8, 4) is 0 Å². The maximum absolute atomic E-state index is 12.3. The lowest BCUT2D eigenvalue weighted by atomic mass is 10.2. The zero-order valence-electron chi connectivity index (χ0n) is 11.4. The van der Waals surface area contributed by atoms with E-state index in [-0.39, 0.29) is 11.9 Å². The highest BCUT2D eigenvalue weighted by Gasteiger charge is 2.22. The van der Waals surface area contributed by atoms with Gasteiger partial charge < -0.3 is 9.32 Å². The molecule has 1 amide bonds. The second-order valence-corrected chi connectivity index (χ2v) is 5.70. The molecule has 1 aromatic carbocycles. The van der Waals surface area contributed by atoms with Gasteiger partial charge in [0.15, 0.2) is 0 Å². The van der Waals surface area contributed by atoms with E-state index >= 15 is 0 Å². The number of amides is 1. The van der Waals surface area contributed by atoms with Crippen LogP contribution in [-0.4, -0.2) is 17.9 Å². The van der Waals surface area contributed by atoms with Crippen LogP contribution in [0.3, 0.4) is 0 Å². The van der Waals surface area contributed by atoms with Gasteiger partial charge >= 0.3 is 0 Å². The van der Waals surface area contributed by atoms with E-state index in [1.807, 2.05) is 54.8 Å². The minimum absolute atomic E-state index is 0.0213. The Hall–Kier alpha value is -2.07. The number of para-hydroxylation sites is 1. The van der Waals surface area contributed by atoms with Crippen LogP contribution in [0, 0.1) is 0 Å². The van der Waals surface area contributed by atoms with Crippen molar-refractivity contribution in [2.75, 3.05) is 7.05 Å². The number of carbonyl (C=O) groups excluding carboxylic acids is 1. The molecule has 2 aromatic heterocycles. The number of thiophene rings is 1. The molecule has 0 N–H and O–H groups in total. The van der Waals surface area contributed by atoms with Crippen LogP contribution in [-0.2, 0) is 0 Å². The molecule has 0 radical (unpaired) electrons. The third-order valence-electron chi connectivity index (χ3n) is 3.49. The molecule has 0 saturated heterocycles. The summed E-state index contributed by atoms with van der Waals surface area (Å²) in [5.74, 6) is 0.826. The molecule has 1 unspecified atom stereocenters. The molecule has 0 aliphatic heterocycles. The highest BCUT2D eigenvalue weighted by molar-refractivity contribution is 7.12. The quantitative estimate of drug-likeness (QED) is 0.717. The van der Waals surface area contributed by atoms with E-state index in [4.69, 9.17) is 4.42 Å². The van der Waals surface area contributed by atoms with Gasteiger partial charge in [-0.15, -0.1) is 11.3 Å². The van der Waals surface area contributed by atoms with Crippen LogP contribution in [0.4, 0.5) is 0 Å². The summed E-state index contributed by atoms with van der Waals surface area (Å²) in [7, 11) is 1.81. The summed E-state index contributed by atoms with van der Waals surface area (Å²) in [5.41, 5.74) is 0.853. The number of benzene rings is 1. The molecule has 0 aliphatic carbocycles. The highest BCUT2D eigenvalue weighted by Crippen LogP contribution is 2.27. The predicted molar refractivity (Wildman–Crippen MR) is 81.0 cm³/mol. The first-order valence-electron chi connectivity index (χ1n) is 6.46. The van der Waals surface area contributed by atoms with Gasteiger partial charge in [-0.05, 0) is 30.5 Å². The minimum Gasteiger partial charge on any atom is -0.459 e. The summed E-state index contributed by atoms with van der Waals surface area (Å²) in [6.45, 7) is 1.98. The smallest absolute Gasteiger partial charge is 0.264 e. The average molecular weight is 285 g/mol. The molecule has 3 nitrogen and oxygen atoms in total. The lowest BCUT2D eigenvalue weighted by molar-refractivity contribution is 0.0732. The lowest BCUT2D eigenvalue weighted by Crippen LogP contribution is -2.28. The van der Waals surface area contributed by atoms with Gasteiger partial charge in [0.1, 0.15) is 11.3 Å². The largest absolute Gasteiger partial charge is 0.459 e. The fraction of sp³-hybridized carbons (Fsp3) is 0.188. The van der Waals surface area contributed by atoms with E-state index in [0.29, 0.717) is 0 Å². The van der Waals surface area contributed by atoms with Gasteiger partial charge in [0.25, 0.3) is 5.91 Å². The zero-order chi connectivity index (χ0) is 14.1. The number of fused-ring (bicyclic) bond motifs is 1. The molecule has 3 rings (SSSR count). The third kappa shape index (κ3) is 2.23. The summed E-state index contributed by atoms with van der Waals surface area (Å²) in [6, 6.07) is 13.5. The molecule has 0 aliphatic rings. The molecule has 3 aromatic rings. The Bertz CT molecular complexity index is 697. The number of nitrogens with zero attached hydrogens (tertiary/aromatic N) is 1. The van der Waals surface area contributed by atoms with E-state index < -0.39 is 0 Å². The molecule has 0 fully saturated rings. The van der Waals surface area contributed by atoms with E-state index in [9.17, 15) is 4.79 Å². The Kier molecular flexibility index (Phi) is 3.32. The Morgan fingerprint density at radius 3 is 2.75 bits per heavy atom. The summed E-state index contributed by atoms with van der Waals surface area (Å²) in [6.07, 6.45) is 0. The summed E-state index contributed by atoms with van der Waals surface area (Å²) < 4.78 is 5.83. The van der Waals surface area contributed by atoms with Crippen molar-refractivity contribution in [1.82, 2.24) is 4.90 Å². The van der Waals surface area contributed by atoms with Crippen LogP contribution in [0.5, 0.6) is 0 Å². The van der Waals surface area contributed by atoms with Crippen LogP contribution in [0.1, 0.15) is 28.4 Å². The predicted octanol–water partition coefficient (Wildman–Crippen LogP) is 4.33. The molecular formula is C16H15NO2S. The topological polar surface area (TPSA) is 33.5 Å². The standard InChI is InChI=1S/C16H15NO2S/c1-11(17(2)16(18)15-8-5-9-20-15)14-10-12-6-3-4-7-13(12)19-14/h3-11H,1-2H3. The molecule has 0 spiro atoms. The SMILES string of the molecule is CC(c1cc2ccccc2o1)N(C)C(=O)c1cccs1. The van der Waals surface area contributed by atoms with Gasteiger partial charge in [-0.3, -0.25) is 4.79 Å². The van der Waals surface area contributed by atoms with Crippen molar-refractivity contribution in [1.29, 1.82) is 0 Å². The Morgan fingerprint density at radius 1 is 1.25 bits per heavy atom. The number of hydrogen-bond donors (Lipinski definition) is 0. The molecular weight excluding hydrogens is 270 g/mol. The first kappa shape index (κ1) is 12.9. The number of rotatable bonds is 3. The van der Waals surface area contributed by atoms with Crippen LogP contribution >= 0.6 is 11.3 Å². The van der Waals surface area contributed by atoms with Crippen molar-refractivity contribution < 1.29 is 9.21 Å². The fourth-order valence-electron chi connectivity index (χ4n) is 2.15. The molecule has 4 heteroatoms. The molecule has 0 saturated carbocycles. The van der Waals surface area contributed by atoms with Gasteiger partial charge in [0.2, 0.25) is 0 Å². The lowest BCUT2D eigenvalue weighted by Gasteiger charge is -2.22. The molecule has 1 atom stereocenters. The van der Waals surface area contributed by atoms with Crippen LogP contribution in [0.25, 0.3) is 11.0 Å². The third-order valence-corrected chi connectivity index (χ3v) is 4.35. The maximum Gasteiger partial charge on any atom is 0.264 e. The van der Waals surface area contributed by atoms with E-state index in [1.165, 1.54) is 11.3 Å². The average Bonchev–Trinajstić information content (AvgIpc) is 3.13. The van der Waals surface area contributed by atoms with Crippen LogP contribution in [0.2, 0.25) is 0 Å². The van der Waals surface area contributed by atoms with Crippen molar-refractivity contribution in [3.05, 3.63) is 58.5 Å². The molecule has 102 valence electrons. The maximum atomic E-state index is 12.3. The molecule has 2 heterocycles. The van der Waals surface area contributed by atoms with E-state index in [2.05, 4.69) is 0 Å². The monoisotopic (exact) mass is 285 g/mol. The Balaban J connectivity index is 1.87. The number of carbonyl (C=O) groups is 1. The number of hydrogen-bond acceptors (Lipinski definition) is 3. The number of furan rings is 1. The van der Waals surface area contributed by atoms with Gasteiger partial charge in [0.05, 0.1) is 10.9 Å². The van der Waals surface area contributed by atoms with Gasteiger partial charge in [-0.25, -0.2) is 0 Å². The Labute approximate surface area is 121 Å². The van der Waals surface area contributed by atoms with Crippen molar-refractivity contribution >= 4 is 28.2 Å². The van der Waals surface area contributed by atoms with Crippen molar-refractivity contribution in [2.45, 2.75) is 13.0 Å². The van der Waals surface area contributed by atoms with E-state index in [1.54, 1.807) is 11.9 Å². The molecule has 20 heavy (non-hydrogen) atoms. The van der Waals surface area contributed by atoms with Crippen molar-refractivity contribution in [2.24, 2.45) is 0 Å². The first-order chi connectivity index (χ1) is 9.66. The normalized spacial score (nSPS) is 12.5. The second-order valence-electron chi connectivity index (χ2n) is 4.76. The Morgan fingerprint density at radius 2 is 2.05 bits per heavy atom. The van der Waals surface area contributed by atoms with Gasteiger partial charge in [0, 0.05) is 12.4 Å². The summed E-state index contributed by atoms with van der Waals surface area (Å²) >= 11 is 1.46. The fourth-order valence-corrected chi connectivity index (χ4v) is 2.85. The first-order valence-corrected chi connectivity index (χ1v) is 7.34. The second kappa shape index (κ2) is 5.13. The summed E-state index contributed by atoms with van der Waals surface area (Å²) in [4.78, 5) is 14.8. The van der Waals surface area contributed by atoms with E-state index in [0.717, 1.165) is 21.6 Å². The summed E-state index contributed by atoms with van der Waals surface area (Å²) in [5, 5.41) is 2.97. The zero-order valence-corrected chi connectivity index (χ0v) is 12.2. The minimum atomic E-state index is -0.100. The molecule has 0 bridgehead atoms. The van der Waals surface area contributed by atoms with Crippen LogP contribution in [0.15, 0.2) is 52.3 Å². The highest BCUT2D eigenvalue weighted by atomic mass is 32.1. The van der Waals surface area contributed by atoms with Crippen molar-refractivity contribution in [3.63, 3.8) is 0 Å².